The Bertz CT molecular complexity index is 422. The van der Waals surface area contributed by atoms with E-state index in [1.807, 2.05) is 0 Å². The summed E-state index contributed by atoms with van der Waals surface area (Å²) in [6.45, 7) is 0.472. The summed E-state index contributed by atoms with van der Waals surface area (Å²) in [5.41, 5.74) is 18.5. The third-order valence-electron chi connectivity index (χ3n) is 3.12. The molecule has 2 aromatic rings. The zero-order chi connectivity index (χ0) is 12.8. The molecule has 0 spiro atoms. The maximum Gasteiger partial charge on any atom is 8.00 e. The minimum atomic E-state index is 0. The summed E-state index contributed by atoms with van der Waals surface area (Å²) in [5, 5.41) is 0. The number of hydrogen-bond donors (Lipinski definition) is 0. The molecule has 94 valence electrons. The standard InChI is InChI=1S/C14H12.C2H6N2.Ru/c1-2-6-12-10-14-8-4-3-7-13(14)9-11(12)5-1;3-1-2-4;/h1-8H,9-10H2;3-4H,1-2H2;/q;-2;+8. The van der Waals surface area contributed by atoms with Crippen LogP contribution in [0.25, 0.3) is 11.5 Å². The summed E-state index contributed by atoms with van der Waals surface area (Å²) in [6, 6.07) is 17.5. The topological polar surface area (TPSA) is 47.6 Å². The van der Waals surface area contributed by atoms with E-state index >= 15 is 0 Å². The normalized spacial score (nSPS) is 11.3. The predicted molar refractivity (Wildman–Crippen MR) is 76.9 cm³/mol. The van der Waals surface area contributed by atoms with Crippen LogP contribution in [0.3, 0.4) is 0 Å². The molecule has 0 atom stereocenters. The van der Waals surface area contributed by atoms with E-state index in [0.717, 1.165) is 12.8 Å². The summed E-state index contributed by atoms with van der Waals surface area (Å²) in [6.07, 6.45) is 2.21. The van der Waals surface area contributed by atoms with Crippen LogP contribution in [0.5, 0.6) is 0 Å². The molecule has 0 saturated carbocycles. The van der Waals surface area contributed by atoms with E-state index < -0.39 is 0 Å². The molecule has 19 heavy (non-hydrogen) atoms. The fourth-order valence-electron chi connectivity index (χ4n) is 2.22. The van der Waals surface area contributed by atoms with E-state index in [1.165, 1.54) is 22.3 Å². The van der Waals surface area contributed by atoms with Gasteiger partial charge in [-0.05, 0) is 35.1 Å². The van der Waals surface area contributed by atoms with Crippen LogP contribution in [0.15, 0.2) is 48.5 Å². The van der Waals surface area contributed by atoms with Gasteiger partial charge in [0.25, 0.3) is 0 Å². The van der Waals surface area contributed by atoms with Crippen LogP contribution in [0, 0.1) is 0 Å². The molecule has 1 aliphatic rings. The minimum Gasteiger partial charge on any atom is -0.679 e. The molecule has 2 N–H and O–H groups in total. The van der Waals surface area contributed by atoms with E-state index in [-0.39, 0.29) is 32.6 Å². The molecule has 3 rings (SSSR count). The van der Waals surface area contributed by atoms with Crippen LogP contribution in [0.1, 0.15) is 22.3 Å². The second kappa shape index (κ2) is 8.21. The Kier molecular flexibility index (Phi) is 6.93. The Balaban J connectivity index is 0.000000323. The zero-order valence-corrected chi connectivity index (χ0v) is 12.5. The molecule has 0 radical (unpaired) electrons. The largest absolute Gasteiger partial charge is 8.00 e. The van der Waals surface area contributed by atoms with Crippen LogP contribution in [0.2, 0.25) is 0 Å². The van der Waals surface area contributed by atoms with Crippen LogP contribution in [-0.4, -0.2) is 13.1 Å². The van der Waals surface area contributed by atoms with Gasteiger partial charge in [0, 0.05) is 0 Å². The fourth-order valence-corrected chi connectivity index (χ4v) is 2.22. The molecule has 0 aliphatic heterocycles. The Morgan fingerprint density at radius 3 is 1.11 bits per heavy atom. The molecule has 0 aromatic heterocycles. The average molecular weight is 339 g/mol. The summed E-state index contributed by atoms with van der Waals surface area (Å²) < 4.78 is 0. The molecule has 0 saturated heterocycles. The Morgan fingerprint density at radius 1 is 0.632 bits per heavy atom. The third kappa shape index (κ3) is 4.24. The van der Waals surface area contributed by atoms with Crippen molar-refractivity contribution in [2.45, 2.75) is 12.8 Å². The number of hydrogen-bond acceptors (Lipinski definition) is 0. The van der Waals surface area contributed by atoms with Crippen LogP contribution in [0.4, 0.5) is 0 Å². The first-order valence-corrected chi connectivity index (χ1v) is 6.28. The van der Waals surface area contributed by atoms with Gasteiger partial charge in [0.2, 0.25) is 0 Å². The number of rotatable bonds is 1. The van der Waals surface area contributed by atoms with Gasteiger partial charge in [0.15, 0.2) is 0 Å². The van der Waals surface area contributed by atoms with Crippen LogP contribution in [-0.2, 0) is 32.3 Å². The van der Waals surface area contributed by atoms with Gasteiger partial charge in [-0.3, -0.25) is 0 Å². The third-order valence-corrected chi connectivity index (χ3v) is 3.12. The van der Waals surface area contributed by atoms with Crippen molar-refractivity contribution in [1.82, 2.24) is 0 Å². The molecule has 0 bridgehead atoms. The molecule has 0 amide bonds. The minimum absolute atomic E-state index is 0. The molecule has 1 aliphatic carbocycles. The molecule has 2 nitrogen and oxygen atoms in total. The Morgan fingerprint density at radius 2 is 0.895 bits per heavy atom. The second-order valence-corrected chi connectivity index (χ2v) is 4.39. The predicted octanol–water partition coefficient (Wildman–Crippen LogP) is 4.27. The molecular weight excluding hydrogens is 321 g/mol. The van der Waals surface area contributed by atoms with E-state index in [4.69, 9.17) is 11.5 Å². The molecule has 3 heteroatoms. The summed E-state index contributed by atoms with van der Waals surface area (Å²) >= 11 is 0. The van der Waals surface area contributed by atoms with Gasteiger partial charge in [0.1, 0.15) is 0 Å². The van der Waals surface area contributed by atoms with Crippen molar-refractivity contribution in [1.29, 1.82) is 0 Å². The molecule has 0 fully saturated rings. The van der Waals surface area contributed by atoms with Crippen molar-refractivity contribution >= 4 is 0 Å². The van der Waals surface area contributed by atoms with Crippen molar-refractivity contribution < 1.29 is 19.5 Å². The van der Waals surface area contributed by atoms with E-state index in [2.05, 4.69) is 48.5 Å². The first-order chi connectivity index (χ1) is 8.85. The average Bonchev–Trinajstić information content (AvgIpc) is 2.45. The van der Waals surface area contributed by atoms with Gasteiger partial charge < -0.3 is 11.5 Å². The van der Waals surface area contributed by atoms with E-state index in [9.17, 15) is 0 Å². The Labute approximate surface area is 128 Å². The fraction of sp³-hybridized carbons (Fsp3) is 0.250. The quantitative estimate of drug-likeness (QED) is 0.595. The SMILES string of the molecule is [NH-]CC[NH-].[Ru+8].c1ccc2c(c1)Cc1ccccc1C2. The molecule has 0 heterocycles. The second-order valence-electron chi connectivity index (χ2n) is 4.39. The van der Waals surface area contributed by atoms with Crippen molar-refractivity contribution in [3.05, 3.63) is 82.3 Å². The number of fused-ring (bicyclic) bond motifs is 2. The maximum absolute atomic E-state index is 6.26. The van der Waals surface area contributed by atoms with Gasteiger partial charge >= 0.3 is 19.5 Å². The van der Waals surface area contributed by atoms with Crippen LogP contribution >= 0.6 is 0 Å². The summed E-state index contributed by atoms with van der Waals surface area (Å²) in [5.74, 6) is 0. The monoisotopic (exact) mass is 340 g/mol. The van der Waals surface area contributed by atoms with Crippen molar-refractivity contribution in [2.75, 3.05) is 13.1 Å². The first-order valence-electron chi connectivity index (χ1n) is 6.28. The van der Waals surface area contributed by atoms with Gasteiger partial charge in [0.05, 0.1) is 0 Å². The van der Waals surface area contributed by atoms with Crippen molar-refractivity contribution in [2.24, 2.45) is 0 Å². The molecule has 0 unspecified atom stereocenters. The molecular formula is C16H18N2Ru+6. The number of nitrogens with one attached hydrogen (secondary N) is 2. The van der Waals surface area contributed by atoms with Crippen molar-refractivity contribution in [3.63, 3.8) is 0 Å². The Hall–Kier alpha value is -1.02. The number of benzene rings is 2. The van der Waals surface area contributed by atoms with Gasteiger partial charge in [-0.25, -0.2) is 0 Å². The van der Waals surface area contributed by atoms with Gasteiger partial charge in [-0.15, -0.1) is 0 Å². The van der Waals surface area contributed by atoms with Gasteiger partial charge in [-0.2, -0.15) is 13.1 Å². The van der Waals surface area contributed by atoms with Crippen molar-refractivity contribution in [3.8, 4) is 0 Å². The van der Waals surface area contributed by atoms with E-state index in [1.54, 1.807) is 0 Å². The van der Waals surface area contributed by atoms with Crippen LogP contribution < -0.4 is 0 Å². The summed E-state index contributed by atoms with van der Waals surface area (Å²) in [4.78, 5) is 0. The van der Waals surface area contributed by atoms with Gasteiger partial charge in [-0.1, -0.05) is 48.5 Å². The van der Waals surface area contributed by atoms with E-state index in [0.29, 0.717) is 0 Å². The molecule has 2 aromatic carbocycles. The zero-order valence-electron chi connectivity index (χ0n) is 10.8. The summed E-state index contributed by atoms with van der Waals surface area (Å²) in [7, 11) is 0. The smallest absolute Gasteiger partial charge is 0.679 e. The maximum atomic E-state index is 6.26. The first kappa shape index (κ1) is 16.0.